The van der Waals surface area contributed by atoms with Gasteiger partial charge in [-0.1, -0.05) is 18.2 Å². The van der Waals surface area contributed by atoms with Crippen molar-refractivity contribution in [2.45, 2.75) is 75.3 Å². The number of rotatable bonds is 7. The van der Waals surface area contributed by atoms with Crippen molar-refractivity contribution in [2.75, 3.05) is 25.0 Å². The summed E-state index contributed by atoms with van der Waals surface area (Å²) in [5, 5.41) is 10.5. The highest BCUT2D eigenvalue weighted by molar-refractivity contribution is 6.04. The van der Waals surface area contributed by atoms with E-state index in [1.54, 1.807) is 37.4 Å². The Kier molecular flexibility index (Phi) is 9.55. The Balaban J connectivity index is 0.872. The number of hydrogen-bond donors (Lipinski definition) is 2. The maximum Gasteiger partial charge on any atom is 0.433 e. The van der Waals surface area contributed by atoms with Gasteiger partial charge in [-0.2, -0.15) is 18.3 Å². The second-order valence-corrected chi connectivity index (χ2v) is 15.0. The van der Waals surface area contributed by atoms with Gasteiger partial charge in [-0.05, 0) is 92.9 Å². The monoisotopic (exact) mass is 760 g/mol. The molecule has 288 valence electrons. The van der Waals surface area contributed by atoms with Crippen LogP contribution < -0.4 is 16.3 Å². The van der Waals surface area contributed by atoms with E-state index < -0.39 is 41.8 Å². The molecule has 0 radical (unpaired) electrons. The van der Waals surface area contributed by atoms with Crippen LogP contribution in [-0.2, 0) is 22.8 Å². The lowest BCUT2D eigenvalue weighted by atomic mass is 9.83. The second kappa shape index (κ2) is 14.4. The molecule has 2 aliphatic heterocycles. The first-order chi connectivity index (χ1) is 26.3. The van der Waals surface area contributed by atoms with Crippen LogP contribution in [0.5, 0.6) is 0 Å². The molecule has 2 saturated heterocycles. The van der Waals surface area contributed by atoms with Crippen molar-refractivity contribution in [1.82, 2.24) is 34.1 Å². The van der Waals surface area contributed by atoms with E-state index in [9.17, 15) is 32.3 Å². The average Bonchev–Trinajstić information content (AvgIpc) is 3.69. The predicted octanol–water partition coefficient (Wildman–Crippen LogP) is 5.89. The number of anilines is 1. The summed E-state index contributed by atoms with van der Waals surface area (Å²) in [7, 11) is 1.64. The van der Waals surface area contributed by atoms with Gasteiger partial charge in [0, 0.05) is 49.7 Å². The van der Waals surface area contributed by atoms with Gasteiger partial charge in [0.25, 0.3) is 5.91 Å². The number of carbonyl (C=O) groups excluding carboxylic acids is 3. The number of pyridine rings is 1. The molecule has 3 atom stereocenters. The molecule has 1 unspecified atom stereocenters. The third-order valence-electron chi connectivity index (χ3n) is 11.4. The Morgan fingerprint density at radius 1 is 0.982 bits per heavy atom. The van der Waals surface area contributed by atoms with E-state index >= 15 is 4.39 Å². The third-order valence-corrected chi connectivity index (χ3v) is 11.4. The number of imide groups is 1. The number of likely N-dealkylation sites (tertiary alicyclic amines) is 1. The van der Waals surface area contributed by atoms with Gasteiger partial charge in [0.15, 0.2) is 0 Å². The second-order valence-electron chi connectivity index (χ2n) is 15.0. The number of benzene rings is 2. The quantitative estimate of drug-likeness (QED) is 0.156. The minimum absolute atomic E-state index is 0.146. The number of carbonyl (C=O) groups is 3. The smallest absolute Gasteiger partial charge is 0.321 e. The summed E-state index contributed by atoms with van der Waals surface area (Å²) in [4.78, 5) is 56.2. The predicted molar refractivity (Wildman–Crippen MR) is 195 cm³/mol. The normalized spacial score (nSPS) is 24.0. The topological polar surface area (TPSA) is 136 Å². The van der Waals surface area contributed by atoms with Gasteiger partial charge in [-0.15, -0.1) is 0 Å². The first-order valence-electron chi connectivity index (χ1n) is 18.6. The van der Waals surface area contributed by atoms with E-state index in [0.29, 0.717) is 29.1 Å². The van der Waals surface area contributed by atoms with Crippen molar-refractivity contribution in [3.8, 4) is 0 Å². The van der Waals surface area contributed by atoms with Crippen LogP contribution in [0.3, 0.4) is 0 Å². The summed E-state index contributed by atoms with van der Waals surface area (Å²) in [6.07, 6.45) is 0.810. The molecule has 2 aromatic carbocycles. The van der Waals surface area contributed by atoms with Gasteiger partial charge >= 0.3 is 11.9 Å². The number of para-hydroxylation sites is 1. The fraction of sp³-hybridized carbons (Fsp3) is 0.436. The summed E-state index contributed by atoms with van der Waals surface area (Å²) >= 11 is 0. The Hall–Kier alpha value is -5.38. The lowest BCUT2D eigenvalue weighted by molar-refractivity contribution is -0.141. The largest absolute Gasteiger partial charge is 0.433 e. The minimum atomic E-state index is -4.66. The van der Waals surface area contributed by atoms with Gasteiger partial charge in [-0.3, -0.25) is 33.5 Å². The molecule has 3 aliphatic rings. The third kappa shape index (κ3) is 7.14. The van der Waals surface area contributed by atoms with Crippen molar-refractivity contribution in [2.24, 2.45) is 13.0 Å². The maximum absolute atomic E-state index is 16.1. The highest BCUT2D eigenvalue weighted by atomic mass is 19.4. The van der Waals surface area contributed by atoms with Crippen LogP contribution in [0.4, 0.5) is 23.2 Å². The van der Waals surface area contributed by atoms with E-state index in [-0.39, 0.29) is 42.7 Å². The Labute approximate surface area is 312 Å². The number of hydrogen-bond acceptors (Lipinski definition) is 7. The van der Waals surface area contributed by atoms with Crippen molar-refractivity contribution in [3.63, 3.8) is 0 Å². The van der Waals surface area contributed by atoms with Gasteiger partial charge in [0.1, 0.15) is 23.6 Å². The molecular weight excluding hydrogens is 720 g/mol. The summed E-state index contributed by atoms with van der Waals surface area (Å²) in [6, 6.07) is 13.2. The molecular formula is C39H40F4N8O4. The first-order valence-corrected chi connectivity index (χ1v) is 18.6. The van der Waals surface area contributed by atoms with Crippen LogP contribution in [0.1, 0.15) is 84.7 Å². The molecule has 3 amide bonds. The number of aryl methyl sites for hydroxylation is 1. The van der Waals surface area contributed by atoms with Crippen molar-refractivity contribution >= 4 is 45.3 Å². The average molecular weight is 761 g/mol. The van der Waals surface area contributed by atoms with Crippen LogP contribution in [0.15, 0.2) is 65.6 Å². The number of fused-ring (bicyclic) bond motifs is 2. The Morgan fingerprint density at radius 2 is 1.76 bits per heavy atom. The van der Waals surface area contributed by atoms with E-state index in [1.165, 1.54) is 15.2 Å². The van der Waals surface area contributed by atoms with Crippen LogP contribution in [0.25, 0.3) is 21.9 Å². The molecule has 1 saturated carbocycles. The van der Waals surface area contributed by atoms with Gasteiger partial charge in [0.2, 0.25) is 11.8 Å². The lowest BCUT2D eigenvalue weighted by Crippen LogP contribution is -2.44. The van der Waals surface area contributed by atoms with Crippen molar-refractivity contribution < 1.29 is 31.9 Å². The number of amides is 3. The van der Waals surface area contributed by atoms with E-state index in [1.807, 2.05) is 16.9 Å². The maximum atomic E-state index is 16.1. The number of alkyl halides is 4. The highest BCUT2D eigenvalue weighted by Crippen LogP contribution is 2.38. The number of halogens is 4. The fourth-order valence-corrected chi connectivity index (χ4v) is 8.66. The van der Waals surface area contributed by atoms with Gasteiger partial charge < -0.3 is 10.2 Å². The first kappa shape index (κ1) is 36.6. The molecule has 12 nitrogen and oxygen atoms in total. The molecule has 16 heteroatoms. The van der Waals surface area contributed by atoms with Gasteiger partial charge in [0.05, 0.1) is 22.6 Å². The number of imidazole rings is 1. The molecule has 3 fully saturated rings. The lowest BCUT2D eigenvalue weighted by Gasteiger charge is -2.38. The van der Waals surface area contributed by atoms with E-state index in [0.717, 1.165) is 67.4 Å². The SMILES string of the molecule is Cn1c(=O)n(C2CCC(=O)NC2=O)c2cccc([C@H]3CCN(CC4CCC(n5cc6cc(NC(=O)c7cccc(C(F)(F)F)n7)ccc6n5)CC4)C[C@@H]3F)c21. The molecule has 5 heterocycles. The van der Waals surface area contributed by atoms with Gasteiger partial charge in [-0.25, -0.2) is 14.2 Å². The molecule has 55 heavy (non-hydrogen) atoms. The zero-order valence-corrected chi connectivity index (χ0v) is 30.1. The minimum Gasteiger partial charge on any atom is -0.321 e. The highest BCUT2D eigenvalue weighted by Gasteiger charge is 2.37. The fourth-order valence-electron chi connectivity index (χ4n) is 8.66. The van der Waals surface area contributed by atoms with Crippen molar-refractivity contribution in [1.29, 1.82) is 0 Å². The molecule has 3 aromatic heterocycles. The summed E-state index contributed by atoms with van der Waals surface area (Å²) in [5.41, 5.74) is 1.25. The number of nitrogens with zero attached hydrogens (tertiary/aromatic N) is 6. The summed E-state index contributed by atoms with van der Waals surface area (Å²) in [5.74, 6) is -1.60. The standard InChI is InChI=1S/C39H40F4N8O4/c1-48-35-27(4-2-6-31(35)51(38(48)55)32-14-15-34(52)46-37(32)54)26-16-17-49(21-28(26)40)19-22-8-11-25(12-9-22)50-20-23-18-24(10-13-29(23)47-50)44-36(53)30-5-3-7-33(45-30)39(41,42)43/h2-7,10,13,18,20,22,25-26,28,32H,8-9,11-12,14-17,19,21H2,1H3,(H,44,53)(H,46,52,54)/t22?,25?,26-,28+,32?/m1/s1. The summed E-state index contributed by atoms with van der Waals surface area (Å²) in [6.45, 7) is 1.80. The molecule has 0 bridgehead atoms. The van der Waals surface area contributed by atoms with Crippen LogP contribution in [-0.4, -0.2) is 72.3 Å². The van der Waals surface area contributed by atoms with Crippen LogP contribution in [0.2, 0.25) is 0 Å². The van der Waals surface area contributed by atoms with Crippen LogP contribution >= 0.6 is 0 Å². The summed E-state index contributed by atoms with van der Waals surface area (Å²) < 4.78 is 60.2. The van der Waals surface area contributed by atoms with Crippen molar-refractivity contribution in [3.05, 3.63) is 88.2 Å². The molecule has 2 N–H and O–H groups in total. The Morgan fingerprint density at radius 3 is 2.51 bits per heavy atom. The number of piperidine rings is 2. The zero-order valence-electron chi connectivity index (χ0n) is 30.1. The van der Waals surface area contributed by atoms with Crippen LogP contribution in [0, 0.1) is 5.92 Å². The van der Waals surface area contributed by atoms with E-state index in [2.05, 4.69) is 20.5 Å². The number of nitrogens with one attached hydrogen (secondary N) is 2. The Bertz CT molecular complexity index is 2360. The molecule has 1 aliphatic carbocycles. The van der Waals surface area contributed by atoms with E-state index in [4.69, 9.17) is 5.10 Å². The zero-order chi connectivity index (χ0) is 38.6. The molecule has 8 rings (SSSR count). The molecule has 5 aromatic rings. The number of aromatic nitrogens is 5. The molecule has 0 spiro atoms.